The number of furan rings is 1. The summed E-state index contributed by atoms with van der Waals surface area (Å²) in [5.74, 6) is -2.51. The van der Waals surface area contributed by atoms with Gasteiger partial charge in [0.15, 0.2) is 11.7 Å². The number of ether oxygens (including phenoxy) is 1. The topological polar surface area (TPSA) is 154 Å². The standard InChI is InChI=1S/C23H24FN5O5S/c1-12-8-9-16(34-12)19(22(31)27-11-13-5-4-10-33-13)29(15-7-3-2-6-14(15)24)23(32)20-17(25)18(21(26)30)28-35-20/h2-3,6-9,13,19H,4-5,10-11,25H2,1H3,(H2,26,30)(H,27,31)/t13-,19+/m0/s1. The molecule has 1 fully saturated rings. The first-order valence-electron chi connectivity index (χ1n) is 10.9. The van der Waals surface area contributed by atoms with Crippen molar-refractivity contribution in [3.05, 3.63) is 64.3 Å². The van der Waals surface area contributed by atoms with E-state index < -0.39 is 29.6 Å². The van der Waals surface area contributed by atoms with E-state index in [1.807, 2.05) is 0 Å². The number of para-hydroxylation sites is 1. The highest BCUT2D eigenvalue weighted by atomic mass is 32.1. The lowest BCUT2D eigenvalue weighted by Gasteiger charge is -2.30. The molecule has 0 saturated carbocycles. The number of anilines is 2. The second-order valence-electron chi connectivity index (χ2n) is 8.00. The highest BCUT2D eigenvalue weighted by Crippen LogP contribution is 2.35. The molecule has 35 heavy (non-hydrogen) atoms. The Labute approximate surface area is 204 Å². The molecule has 2 aromatic heterocycles. The van der Waals surface area contributed by atoms with Crippen molar-refractivity contribution in [2.24, 2.45) is 5.73 Å². The molecule has 1 aromatic carbocycles. The van der Waals surface area contributed by atoms with Crippen molar-refractivity contribution in [1.82, 2.24) is 9.69 Å². The third kappa shape index (κ3) is 5.03. The van der Waals surface area contributed by atoms with E-state index in [2.05, 4.69) is 9.69 Å². The van der Waals surface area contributed by atoms with Gasteiger partial charge in [0, 0.05) is 13.2 Å². The Morgan fingerprint density at radius 1 is 1.29 bits per heavy atom. The number of nitrogens with one attached hydrogen (secondary N) is 1. The summed E-state index contributed by atoms with van der Waals surface area (Å²) in [7, 11) is 0. The van der Waals surface area contributed by atoms with Gasteiger partial charge in [-0.1, -0.05) is 12.1 Å². The van der Waals surface area contributed by atoms with Crippen molar-refractivity contribution < 1.29 is 27.9 Å². The summed E-state index contributed by atoms with van der Waals surface area (Å²) in [6, 6.07) is 7.28. The Bertz CT molecular complexity index is 1250. The minimum Gasteiger partial charge on any atom is -0.464 e. The van der Waals surface area contributed by atoms with Gasteiger partial charge < -0.3 is 25.9 Å². The number of carbonyl (C=O) groups excluding carboxylic acids is 3. The van der Waals surface area contributed by atoms with Gasteiger partial charge in [0.1, 0.15) is 22.2 Å². The minimum absolute atomic E-state index is 0.113. The zero-order valence-electron chi connectivity index (χ0n) is 18.8. The first kappa shape index (κ1) is 24.4. The van der Waals surface area contributed by atoms with Gasteiger partial charge in [-0.3, -0.25) is 19.3 Å². The minimum atomic E-state index is -1.40. The van der Waals surface area contributed by atoms with Crippen molar-refractivity contribution in [1.29, 1.82) is 0 Å². The van der Waals surface area contributed by atoms with Crippen molar-refractivity contribution in [2.75, 3.05) is 23.8 Å². The first-order valence-corrected chi connectivity index (χ1v) is 11.6. The van der Waals surface area contributed by atoms with Gasteiger partial charge in [0.2, 0.25) is 0 Å². The van der Waals surface area contributed by atoms with E-state index in [0.29, 0.717) is 23.9 Å². The van der Waals surface area contributed by atoms with E-state index >= 15 is 4.39 Å². The van der Waals surface area contributed by atoms with Crippen molar-refractivity contribution >= 4 is 40.6 Å². The number of benzene rings is 1. The van der Waals surface area contributed by atoms with Gasteiger partial charge in [0.25, 0.3) is 17.7 Å². The van der Waals surface area contributed by atoms with Crippen molar-refractivity contribution in [3.8, 4) is 0 Å². The molecule has 184 valence electrons. The van der Waals surface area contributed by atoms with Crippen LogP contribution in [0, 0.1) is 12.7 Å². The maximum absolute atomic E-state index is 15.0. The zero-order valence-corrected chi connectivity index (χ0v) is 19.6. The third-order valence-corrected chi connectivity index (χ3v) is 6.40. The fourth-order valence-corrected chi connectivity index (χ4v) is 4.58. The summed E-state index contributed by atoms with van der Waals surface area (Å²) in [5, 5.41) is 2.79. The molecule has 3 amide bonds. The highest BCUT2D eigenvalue weighted by Gasteiger charge is 2.39. The van der Waals surface area contributed by atoms with Crippen LogP contribution < -0.4 is 21.7 Å². The van der Waals surface area contributed by atoms with Gasteiger partial charge in [-0.05, 0) is 55.6 Å². The number of hydrogen-bond acceptors (Lipinski definition) is 8. The number of nitrogens with zero attached hydrogens (tertiary/aromatic N) is 2. The van der Waals surface area contributed by atoms with E-state index in [1.54, 1.807) is 13.0 Å². The van der Waals surface area contributed by atoms with E-state index in [0.717, 1.165) is 23.8 Å². The highest BCUT2D eigenvalue weighted by molar-refractivity contribution is 7.09. The Kier molecular flexibility index (Phi) is 7.12. The number of hydrogen-bond donors (Lipinski definition) is 3. The summed E-state index contributed by atoms with van der Waals surface area (Å²) in [4.78, 5) is 39.7. The van der Waals surface area contributed by atoms with Gasteiger partial charge in [-0.15, -0.1) is 0 Å². The summed E-state index contributed by atoms with van der Waals surface area (Å²) in [6.07, 6.45) is 1.51. The van der Waals surface area contributed by atoms with Crippen LogP contribution in [0.5, 0.6) is 0 Å². The molecule has 0 radical (unpaired) electrons. The Morgan fingerprint density at radius 3 is 2.66 bits per heavy atom. The molecule has 0 unspecified atom stereocenters. The lowest BCUT2D eigenvalue weighted by Crippen LogP contribution is -2.45. The molecule has 5 N–H and O–H groups in total. The fourth-order valence-electron chi connectivity index (χ4n) is 3.84. The van der Waals surface area contributed by atoms with Crippen LogP contribution in [0.1, 0.15) is 50.6 Å². The largest absolute Gasteiger partial charge is 0.464 e. The SMILES string of the molecule is Cc1ccc([C@H](C(=O)NC[C@@H]2CCCO2)N(C(=O)c2snc(C(N)=O)c2N)c2ccccc2F)o1. The number of carbonyl (C=O) groups is 3. The number of amides is 3. The van der Waals surface area contributed by atoms with Crippen LogP contribution in [-0.4, -0.2) is 41.4 Å². The second kappa shape index (κ2) is 10.2. The molecule has 2 atom stereocenters. The number of aryl methyl sites for hydroxylation is 1. The normalized spacial score (nSPS) is 16.1. The zero-order chi connectivity index (χ0) is 25.1. The molecule has 10 nitrogen and oxygen atoms in total. The van der Waals surface area contributed by atoms with Gasteiger partial charge >= 0.3 is 0 Å². The molecule has 0 aliphatic carbocycles. The number of halogens is 1. The molecule has 1 aliphatic heterocycles. The Balaban J connectivity index is 1.80. The molecular formula is C23H24FN5O5S. The van der Waals surface area contributed by atoms with Gasteiger partial charge in [-0.2, -0.15) is 4.37 Å². The number of rotatable bonds is 8. The summed E-state index contributed by atoms with van der Waals surface area (Å²) >= 11 is 0.633. The molecule has 4 rings (SSSR count). The molecule has 3 heterocycles. The van der Waals surface area contributed by atoms with Crippen LogP contribution in [-0.2, 0) is 9.53 Å². The summed E-state index contributed by atoms with van der Waals surface area (Å²) in [5.41, 5.74) is 10.6. The Hall–Kier alpha value is -3.77. The average Bonchev–Trinajstić information content (AvgIpc) is 3.57. The predicted molar refractivity (Wildman–Crippen MR) is 126 cm³/mol. The maximum atomic E-state index is 15.0. The van der Waals surface area contributed by atoms with Crippen LogP contribution in [0.15, 0.2) is 40.8 Å². The molecule has 3 aromatic rings. The summed E-state index contributed by atoms with van der Waals surface area (Å²) < 4.78 is 30.2. The third-order valence-electron chi connectivity index (χ3n) is 5.55. The van der Waals surface area contributed by atoms with Crippen LogP contribution >= 0.6 is 11.5 Å². The monoisotopic (exact) mass is 501 g/mol. The number of nitrogen functional groups attached to an aromatic ring is 1. The molecule has 0 bridgehead atoms. The molecule has 1 aliphatic rings. The van der Waals surface area contributed by atoms with E-state index in [4.69, 9.17) is 20.6 Å². The van der Waals surface area contributed by atoms with Gasteiger partial charge in [0.05, 0.1) is 17.5 Å². The molecule has 0 spiro atoms. The lowest BCUT2D eigenvalue weighted by atomic mass is 10.1. The lowest BCUT2D eigenvalue weighted by molar-refractivity contribution is -0.123. The van der Waals surface area contributed by atoms with Crippen LogP contribution in [0.25, 0.3) is 0 Å². The van der Waals surface area contributed by atoms with Crippen molar-refractivity contribution in [2.45, 2.75) is 31.9 Å². The number of nitrogens with two attached hydrogens (primary N) is 2. The fraction of sp³-hybridized carbons (Fsp3) is 0.304. The first-order chi connectivity index (χ1) is 16.8. The molecule has 1 saturated heterocycles. The number of primary amides is 1. The van der Waals surface area contributed by atoms with E-state index in [1.165, 1.54) is 24.3 Å². The second-order valence-corrected chi connectivity index (χ2v) is 8.77. The molecule has 12 heteroatoms. The van der Waals surface area contributed by atoms with E-state index in [9.17, 15) is 14.4 Å². The summed E-state index contributed by atoms with van der Waals surface area (Å²) in [6.45, 7) is 2.50. The van der Waals surface area contributed by atoms with E-state index in [-0.39, 0.29) is 40.4 Å². The van der Waals surface area contributed by atoms with Crippen LogP contribution in [0.2, 0.25) is 0 Å². The molecular weight excluding hydrogens is 477 g/mol. The smallest absolute Gasteiger partial charge is 0.273 e. The predicted octanol–water partition coefficient (Wildman–Crippen LogP) is 2.55. The Morgan fingerprint density at radius 2 is 2.06 bits per heavy atom. The quantitative estimate of drug-likeness (QED) is 0.429. The average molecular weight is 502 g/mol. The number of aromatic nitrogens is 1. The van der Waals surface area contributed by atoms with Crippen LogP contribution in [0.3, 0.4) is 0 Å². The van der Waals surface area contributed by atoms with Gasteiger partial charge in [-0.25, -0.2) is 4.39 Å². The van der Waals surface area contributed by atoms with Crippen LogP contribution in [0.4, 0.5) is 15.8 Å². The van der Waals surface area contributed by atoms with Crippen molar-refractivity contribution in [3.63, 3.8) is 0 Å². The maximum Gasteiger partial charge on any atom is 0.273 e.